The molecule has 1 atom stereocenters. The molecule has 1 aliphatic rings. The Morgan fingerprint density at radius 2 is 2.31 bits per heavy atom. The summed E-state index contributed by atoms with van der Waals surface area (Å²) in [5.74, 6) is 2.94. The van der Waals surface area contributed by atoms with Crippen LogP contribution < -0.4 is 5.32 Å². The number of aryl methyl sites for hydroxylation is 1. The Morgan fingerprint density at radius 3 is 2.77 bits per heavy atom. The van der Waals surface area contributed by atoms with Crippen LogP contribution in [-0.2, 0) is 0 Å². The van der Waals surface area contributed by atoms with Crippen molar-refractivity contribution in [1.82, 2.24) is 5.32 Å². The lowest BCUT2D eigenvalue weighted by Crippen LogP contribution is -2.21. The molecule has 0 aliphatic heterocycles. The molecule has 13 heavy (non-hydrogen) atoms. The zero-order valence-electron chi connectivity index (χ0n) is 8.34. The zero-order chi connectivity index (χ0) is 9.26. The molecule has 2 rings (SSSR count). The van der Waals surface area contributed by atoms with Crippen LogP contribution in [0, 0.1) is 12.8 Å². The lowest BCUT2D eigenvalue weighted by molar-refractivity contribution is 0.379. The van der Waals surface area contributed by atoms with Crippen molar-refractivity contribution in [2.45, 2.75) is 32.7 Å². The topological polar surface area (TPSA) is 25.2 Å². The number of hydrogen-bond acceptors (Lipinski definition) is 2. The Balaban J connectivity index is 2.10. The molecule has 0 aromatic carbocycles. The van der Waals surface area contributed by atoms with E-state index in [1.165, 1.54) is 12.8 Å². The number of hydrogen-bond donors (Lipinski definition) is 1. The van der Waals surface area contributed by atoms with Gasteiger partial charge in [0.15, 0.2) is 0 Å². The standard InChI is InChI=1S/C11H17NO/c1-3-12-11(9-5-6-9)10-7-4-8(2)13-10/h4,7,9,11-12H,3,5-6H2,1-2H3. The van der Waals surface area contributed by atoms with Gasteiger partial charge in [0.05, 0.1) is 6.04 Å². The molecule has 1 unspecified atom stereocenters. The van der Waals surface area contributed by atoms with E-state index in [9.17, 15) is 0 Å². The van der Waals surface area contributed by atoms with Crippen LogP contribution in [0.15, 0.2) is 16.5 Å². The summed E-state index contributed by atoms with van der Waals surface area (Å²) in [6.07, 6.45) is 2.69. The van der Waals surface area contributed by atoms with E-state index in [1.807, 2.05) is 13.0 Å². The van der Waals surface area contributed by atoms with Gasteiger partial charge in [0.1, 0.15) is 11.5 Å². The van der Waals surface area contributed by atoms with Gasteiger partial charge in [0.25, 0.3) is 0 Å². The summed E-state index contributed by atoms with van der Waals surface area (Å²) in [6, 6.07) is 4.60. The van der Waals surface area contributed by atoms with E-state index < -0.39 is 0 Å². The lowest BCUT2D eigenvalue weighted by Gasteiger charge is -2.13. The van der Waals surface area contributed by atoms with Crippen LogP contribution in [0.5, 0.6) is 0 Å². The Kier molecular flexibility index (Phi) is 2.40. The predicted octanol–water partition coefficient (Wildman–Crippen LogP) is 2.65. The second-order valence-corrected chi connectivity index (χ2v) is 3.82. The van der Waals surface area contributed by atoms with Crippen LogP contribution in [0.3, 0.4) is 0 Å². The molecule has 1 saturated carbocycles. The van der Waals surface area contributed by atoms with Gasteiger partial charge in [-0.3, -0.25) is 0 Å². The molecular formula is C11H17NO. The summed E-state index contributed by atoms with van der Waals surface area (Å²) >= 11 is 0. The average Bonchev–Trinajstić information content (AvgIpc) is 2.85. The van der Waals surface area contributed by atoms with Gasteiger partial charge in [0, 0.05) is 0 Å². The third kappa shape index (κ3) is 1.94. The van der Waals surface area contributed by atoms with E-state index in [1.54, 1.807) is 0 Å². The normalized spacial score (nSPS) is 18.9. The fourth-order valence-electron chi connectivity index (χ4n) is 1.77. The lowest BCUT2D eigenvalue weighted by atomic mass is 10.1. The first-order valence-electron chi connectivity index (χ1n) is 5.11. The van der Waals surface area contributed by atoms with Crippen molar-refractivity contribution in [3.63, 3.8) is 0 Å². The molecule has 0 spiro atoms. The van der Waals surface area contributed by atoms with Crippen LogP contribution in [0.4, 0.5) is 0 Å². The molecule has 0 bridgehead atoms. The van der Waals surface area contributed by atoms with Crippen LogP contribution in [0.25, 0.3) is 0 Å². The molecule has 72 valence electrons. The van der Waals surface area contributed by atoms with Crippen molar-refractivity contribution in [3.8, 4) is 0 Å². The molecule has 1 aliphatic carbocycles. The largest absolute Gasteiger partial charge is 0.465 e. The SMILES string of the molecule is CCNC(c1ccc(C)o1)C1CC1. The minimum absolute atomic E-state index is 0.457. The molecule has 1 fully saturated rings. The predicted molar refractivity (Wildman–Crippen MR) is 52.6 cm³/mol. The van der Waals surface area contributed by atoms with E-state index in [-0.39, 0.29) is 0 Å². The summed E-state index contributed by atoms with van der Waals surface area (Å²) in [7, 11) is 0. The highest BCUT2D eigenvalue weighted by molar-refractivity contribution is 5.12. The van der Waals surface area contributed by atoms with Crippen molar-refractivity contribution in [1.29, 1.82) is 0 Å². The summed E-state index contributed by atoms with van der Waals surface area (Å²) in [6.45, 7) is 5.16. The monoisotopic (exact) mass is 179 g/mol. The molecule has 1 heterocycles. The summed E-state index contributed by atoms with van der Waals surface area (Å²) < 4.78 is 5.64. The van der Waals surface area contributed by atoms with Gasteiger partial charge >= 0.3 is 0 Å². The highest BCUT2D eigenvalue weighted by atomic mass is 16.3. The second-order valence-electron chi connectivity index (χ2n) is 3.82. The van der Waals surface area contributed by atoms with E-state index in [0.29, 0.717) is 6.04 Å². The van der Waals surface area contributed by atoms with Crippen LogP contribution in [0.1, 0.15) is 37.3 Å². The Morgan fingerprint density at radius 1 is 1.54 bits per heavy atom. The van der Waals surface area contributed by atoms with Gasteiger partial charge in [-0.25, -0.2) is 0 Å². The second kappa shape index (κ2) is 3.54. The quantitative estimate of drug-likeness (QED) is 0.768. The Hall–Kier alpha value is -0.760. The van der Waals surface area contributed by atoms with E-state index in [4.69, 9.17) is 4.42 Å². The third-order valence-corrected chi connectivity index (χ3v) is 2.59. The fraction of sp³-hybridized carbons (Fsp3) is 0.636. The van der Waals surface area contributed by atoms with Crippen molar-refractivity contribution >= 4 is 0 Å². The molecular weight excluding hydrogens is 162 g/mol. The minimum atomic E-state index is 0.457. The van der Waals surface area contributed by atoms with Crippen molar-refractivity contribution in [2.24, 2.45) is 5.92 Å². The molecule has 0 saturated heterocycles. The van der Waals surface area contributed by atoms with Gasteiger partial charge in [-0.15, -0.1) is 0 Å². The Bertz CT molecular complexity index is 275. The number of furan rings is 1. The maximum Gasteiger partial charge on any atom is 0.121 e. The summed E-state index contributed by atoms with van der Waals surface area (Å²) in [5, 5.41) is 3.48. The molecule has 1 aromatic rings. The third-order valence-electron chi connectivity index (χ3n) is 2.59. The van der Waals surface area contributed by atoms with Gasteiger partial charge in [-0.05, 0) is 44.4 Å². The molecule has 0 amide bonds. The average molecular weight is 179 g/mol. The maximum absolute atomic E-state index is 5.64. The summed E-state index contributed by atoms with van der Waals surface area (Å²) in [4.78, 5) is 0. The zero-order valence-corrected chi connectivity index (χ0v) is 8.34. The molecule has 1 N–H and O–H groups in total. The highest BCUT2D eigenvalue weighted by Crippen LogP contribution is 2.41. The van der Waals surface area contributed by atoms with E-state index >= 15 is 0 Å². The van der Waals surface area contributed by atoms with E-state index in [2.05, 4.69) is 18.3 Å². The first kappa shape index (κ1) is 8.82. The van der Waals surface area contributed by atoms with Gasteiger partial charge < -0.3 is 9.73 Å². The maximum atomic E-state index is 5.64. The number of rotatable bonds is 4. The minimum Gasteiger partial charge on any atom is -0.465 e. The van der Waals surface area contributed by atoms with Crippen LogP contribution in [-0.4, -0.2) is 6.54 Å². The fourth-order valence-corrected chi connectivity index (χ4v) is 1.77. The van der Waals surface area contributed by atoms with Gasteiger partial charge in [-0.1, -0.05) is 6.92 Å². The first-order valence-corrected chi connectivity index (χ1v) is 5.11. The van der Waals surface area contributed by atoms with Gasteiger partial charge in [-0.2, -0.15) is 0 Å². The van der Waals surface area contributed by atoms with Crippen molar-refractivity contribution in [3.05, 3.63) is 23.7 Å². The highest BCUT2D eigenvalue weighted by Gasteiger charge is 2.33. The molecule has 2 heteroatoms. The van der Waals surface area contributed by atoms with Crippen LogP contribution >= 0.6 is 0 Å². The first-order chi connectivity index (χ1) is 6.31. The number of nitrogens with one attached hydrogen (secondary N) is 1. The molecule has 2 nitrogen and oxygen atoms in total. The van der Waals surface area contributed by atoms with E-state index in [0.717, 1.165) is 24.0 Å². The van der Waals surface area contributed by atoms with Crippen molar-refractivity contribution < 1.29 is 4.42 Å². The van der Waals surface area contributed by atoms with Gasteiger partial charge in [0.2, 0.25) is 0 Å². The molecule has 1 aromatic heterocycles. The van der Waals surface area contributed by atoms with Crippen molar-refractivity contribution in [2.75, 3.05) is 6.54 Å². The summed E-state index contributed by atoms with van der Waals surface area (Å²) in [5.41, 5.74) is 0. The smallest absolute Gasteiger partial charge is 0.121 e. The van der Waals surface area contributed by atoms with Crippen LogP contribution in [0.2, 0.25) is 0 Å². The molecule has 0 radical (unpaired) electrons. The Labute approximate surface area is 79.3 Å².